The van der Waals surface area contributed by atoms with Crippen LogP contribution in [0.4, 0.5) is 4.79 Å². The molecule has 174 valence electrons. The summed E-state index contributed by atoms with van der Waals surface area (Å²) in [4.78, 5) is 24.2. The molecule has 1 amide bonds. The van der Waals surface area contributed by atoms with Crippen molar-refractivity contribution in [3.63, 3.8) is 0 Å². The Balaban J connectivity index is 1.84. The highest BCUT2D eigenvalue weighted by molar-refractivity contribution is 5.80. The maximum atomic E-state index is 12.4. The molecule has 2 rings (SSSR count). The van der Waals surface area contributed by atoms with Gasteiger partial charge in [-0.2, -0.15) is 0 Å². The Morgan fingerprint density at radius 1 is 1.10 bits per heavy atom. The van der Waals surface area contributed by atoms with Crippen LogP contribution in [0.2, 0.25) is 0 Å². The Hall–Kier alpha value is -1.50. The molecule has 0 aromatic rings. The predicted octanol–water partition coefficient (Wildman–Crippen LogP) is 3.26. The van der Waals surface area contributed by atoms with Gasteiger partial charge in [-0.3, -0.25) is 4.99 Å². The summed E-state index contributed by atoms with van der Waals surface area (Å²) in [6.07, 6.45) is 3.23. The first-order valence-corrected chi connectivity index (χ1v) is 12.0. The lowest BCUT2D eigenvalue weighted by molar-refractivity contribution is 0.0214. The van der Waals surface area contributed by atoms with E-state index in [-0.39, 0.29) is 6.09 Å². The monoisotopic (exact) mass is 423 g/mol. The number of amides is 1. The highest BCUT2D eigenvalue weighted by Crippen LogP contribution is 2.21. The summed E-state index contributed by atoms with van der Waals surface area (Å²) in [6, 6.07) is 0. The number of ether oxygens (including phenoxy) is 1. The lowest BCUT2D eigenvalue weighted by Gasteiger charge is -2.36. The van der Waals surface area contributed by atoms with Gasteiger partial charge in [0.2, 0.25) is 0 Å². The van der Waals surface area contributed by atoms with Crippen LogP contribution in [0.5, 0.6) is 0 Å². The number of nitrogens with one attached hydrogen (secondary N) is 1. The zero-order chi connectivity index (χ0) is 22.1. The smallest absolute Gasteiger partial charge is 0.410 e. The molecule has 0 radical (unpaired) electrons. The van der Waals surface area contributed by atoms with Crippen molar-refractivity contribution in [3.8, 4) is 0 Å². The molecule has 1 unspecified atom stereocenters. The van der Waals surface area contributed by atoms with Gasteiger partial charge in [-0.15, -0.1) is 0 Å². The number of likely N-dealkylation sites (tertiary alicyclic amines) is 2. The summed E-state index contributed by atoms with van der Waals surface area (Å²) >= 11 is 0. The fourth-order valence-electron chi connectivity index (χ4n) is 4.29. The van der Waals surface area contributed by atoms with E-state index in [2.05, 4.69) is 29.0 Å². The molecule has 0 aliphatic carbocycles. The number of rotatable bonds is 7. The lowest BCUT2D eigenvalue weighted by Crippen LogP contribution is -2.48. The van der Waals surface area contributed by atoms with Crippen LogP contribution in [0.1, 0.15) is 60.8 Å². The van der Waals surface area contributed by atoms with Crippen LogP contribution in [0.3, 0.4) is 0 Å². The van der Waals surface area contributed by atoms with Crippen LogP contribution in [0.25, 0.3) is 0 Å². The number of aliphatic imine (C=N–C) groups is 1. The van der Waals surface area contributed by atoms with E-state index in [1.54, 1.807) is 0 Å². The number of guanidine groups is 1. The van der Waals surface area contributed by atoms with E-state index in [4.69, 9.17) is 9.73 Å². The van der Waals surface area contributed by atoms with Gasteiger partial charge in [0.05, 0.1) is 0 Å². The summed E-state index contributed by atoms with van der Waals surface area (Å²) in [7, 11) is 0. The van der Waals surface area contributed by atoms with E-state index < -0.39 is 5.60 Å². The van der Waals surface area contributed by atoms with Gasteiger partial charge in [0.15, 0.2) is 5.96 Å². The van der Waals surface area contributed by atoms with Gasteiger partial charge in [0.25, 0.3) is 0 Å². The maximum absolute atomic E-state index is 12.4. The molecule has 0 aromatic heterocycles. The zero-order valence-electron chi connectivity index (χ0n) is 20.2. The van der Waals surface area contributed by atoms with Crippen LogP contribution in [0.15, 0.2) is 4.99 Å². The molecule has 7 heteroatoms. The minimum atomic E-state index is -0.446. The molecule has 2 saturated heterocycles. The number of hydrogen-bond donors (Lipinski definition) is 1. The first kappa shape index (κ1) is 24.8. The molecule has 0 bridgehead atoms. The Morgan fingerprint density at radius 3 is 2.30 bits per heavy atom. The first-order valence-electron chi connectivity index (χ1n) is 12.0. The number of piperidine rings is 1. The zero-order valence-corrected chi connectivity index (χ0v) is 20.2. The third-order valence-corrected chi connectivity index (χ3v) is 6.08. The minimum Gasteiger partial charge on any atom is -0.444 e. The van der Waals surface area contributed by atoms with E-state index in [0.717, 1.165) is 58.1 Å². The van der Waals surface area contributed by atoms with Crippen molar-refractivity contribution in [2.24, 2.45) is 16.8 Å². The Kier molecular flexibility index (Phi) is 9.72. The largest absolute Gasteiger partial charge is 0.444 e. The molecule has 2 aliphatic heterocycles. The standard InChI is InChI=1S/C23H45N5O2/c1-7-24-21(25-16-20-10-13-26(8-2)17-20)28-14-11-19(12-15-28)18-27(9-3)22(29)30-23(4,5)6/h19-20H,7-18H2,1-6H3,(H,24,25). The molecule has 1 atom stereocenters. The molecule has 2 aliphatic rings. The molecule has 7 nitrogen and oxygen atoms in total. The molecule has 0 aromatic carbocycles. The molecular weight excluding hydrogens is 378 g/mol. The highest BCUT2D eigenvalue weighted by Gasteiger charge is 2.27. The van der Waals surface area contributed by atoms with Gasteiger partial charge in [0.1, 0.15) is 5.60 Å². The van der Waals surface area contributed by atoms with Crippen molar-refractivity contribution >= 4 is 12.1 Å². The molecule has 1 N–H and O–H groups in total. The van der Waals surface area contributed by atoms with Gasteiger partial charge in [-0.05, 0) is 78.8 Å². The second-order valence-corrected chi connectivity index (χ2v) is 9.69. The lowest BCUT2D eigenvalue weighted by atomic mass is 9.96. The van der Waals surface area contributed by atoms with Gasteiger partial charge >= 0.3 is 6.09 Å². The Labute approximate surface area is 184 Å². The SMILES string of the molecule is CCNC(=NCC1CCN(CC)C1)N1CCC(CN(CC)C(=O)OC(C)(C)C)CC1. The second kappa shape index (κ2) is 11.8. The summed E-state index contributed by atoms with van der Waals surface area (Å²) in [5, 5.41) is 3.49. The minimum absolute atomic E-state index is 0.194. The van der Waals surface area contributed by atoms with E-state index >= 15 is 0 Å². The fourth-order valence-corrected chi connectivity index (χ4v) is 4.29. The van der Waals surface area contributed by atoms with Crippen LogP contribution in [0, 0.1) is 11.8 Å². The van der Waals surface area contributed by atoms with E-state index in [1.807, 2.05) is 32.6 Å². The number of nitrogens with zero attached hydrogens (tertiary/aromatic N) is 4. The average Bonchev–Trinajstić information content (AvgIpc) is 3.16. The first-order chi connectivity index (χ1) is 14.3. The Morgan fingerprint density at radius 2 is 1.77 bits per heavy atom. The molecule has 30 heavy (non-hydrogen) atoms. The molecular formula is C23H45N5O2. The van der Waals surface area contributed by atoms with Crippen molar-refractivity contribution in [3.05, 3.63) is 0 Å². The van der Waals surface area contributed by atoms with Crippen LogP contribution < -0.4 is 5.32 Å². The summed E-state index contributed by atoms with van der Waals surface area (Å²) in [5.41, 5.74) is -0.446. The molecule has 0 saturated carbocycles. The normalized spacial score (nSPS) is 21.7. The van der Waals surface area contributed by atoms with Crippen molar-refractivity contribution in [2.75, 3.05) is 58.9 Å². The second-order valence-electron chi connectivity index (χ2n) is 9.69. The molecule has 2 heterocycles. The maximum Gasteiger partial charge on any atom is 0.410 e. The van der Waals surface area contributed by atoms with Gasteiger partial charge in [-0.25, -0.2) is 4.79 Å². The fraction of sp³-hybridized carbons (Fsp3) is 0.913. The third kappa shape index (κ3) is 7.97. The highest BCUT2D eigenvalue weighted by atomic mass is 16.6. The number of hydrogen-bond acceptors (Lipinski definition) is 4. The topological polar surface area (TPSA) is 60.4 Å². The van der Waals surface area contributed by atoms with Crippen molar-refractivity contribution in [1.29, 1.82) is 0 Å². The third-order valence-electron chi connectivity index (χ3n) is 6.08. The van der Waals surface area contributed by atoms with Crippen molar-refractivity contribution in [2.45, 2.75) is 66.4 Å². The van der Waals surface area contributed by atoms with Crippen LogP contribution in [-0.2, 0) is 4.74 Å². The number of carbonyl (C=O) groups is 1. The van der Waals surface area contributed by atoms with Crippen molar-refractivity contribution in [1.82, 2.24) is 20.0 Å². The summed E-state index contributed by atoms with van der Waals surface area (Å²) in [5.74, 6) is 2.26. The summed E-state index contributed by atoms with van der Waals surface area (Å²) < 4.78 is 5.56. The van der Waals surface area contributed by atoms with Crippen LogP contribution >= 0.6 is 0 Å². The average molecular weight is 424 g/mol. The molecule has 0 spiro atoms. The van der Waals surface area contributed by atoms with Gasteiger partial charge in [0, 0.05) is 45.8 Å². The predicted molar refractivity (Wildman–Crippen MR) is 124 cm³/mol. The van der Waals surface area contributed by atoms with Gasteiger partial charge in [-0.1, -0.05) is 6.92 Å². The number of carbonyl (C=O) groups excluding carboxylic acids is 1. The molecule has 2 fully saturated rings. The quantitative estimate of drug-likeness (QED) is 0.503. The van der Waals surface area contributed by atoms with E-state index in [9.17, 15) is 4.79 Å². The van der Waals surface area contributed by atoms with E-state index in [0.29, 0.717) is 18.4 Å². The van der Waals surface area contributed by atoms with Crippen molar-refractivity contribution < 1.29 is 9.53 Å². The summed E-state index contributed by atoms with van der Waals surface area (Å²) in [6.45, 7) is 21.0. The van der Waals surface area contributed by atoms with E-state index in [1.165, 1.54) is 19.5 Å². The Bertz CT molecular complexity index is 552. The van der Waals surface area contributed by atoms with Gasteiger partial charge < -0.3 is 24.8 Å². The van der Waals surface area contributed by atoms with Crippen LogP contribution in [-0.4, -0.2) is 91.3 Å².